The largest absolute Gasteiger partial charge is 0.478 e. The highest BCUT2D eigenvalue weighted by Gasteiger charge is 2.26. The van der Waals surface area contributed by atoms with E-state index in [0.29, 0.717) is 12.5 Å². The molecule has 0 unspecified atom stereocenters. The van der Waals surface area contributed by atoms with Crippen molar-refractivity contribution < 1.29 is 27.9 Å². The van der Waals surface area contributed by atoms with Crippen LogP contribution in [0.3, 0.4) is 0 Å². The maximum atomic E-state index is 14.2. The number of hydrogen-bond acceptors (Lipinski definition) is 2. The fourth-order valence-corrected chi connectivity index (χ4v) is 2.46. The van der Waals surface area contributed by atoms with E-state index >= 15 is 0 Å². The normalized spacial score (nSPS) is 11.7. The van der Waals surface area contributed by atoms with E-state index in [9.17, 15) is 22.8 Å². The summed E-state index contributed by atoms with van der Waals surface area (Å²) in [7, 11) is 0. The van der Waals surface area contributed by atoms with Crippen molar-refractivity contribution in [2.24, 2.45) is 0 Å². The molecule has 0 heterocycles. The molecule has 0 saturated heterocycles. The molecule has 1 rings (SSSR count). The number of carbonyl (C=O) groups excluding carboxylic acids is 1. The lowest BCUT2D eigenvalue weighted by atomic mass is 9.90. The zero-order valence-electron chi connectivity index (χ0n) is 13.3. The SMILES string of the molecule is CCCCCc1c(C)c(C(=CC(=O)O)C(C)=O)c(F)c(F)c1F. The Morgan fingerprint density at radius 3 is 2.17 bits per heavy atom. The first kappa shape index (κ1) is 18.9. The third-order valence-electron chi connectivity index (χ3n) is 3.64. The van der Waals surface area contributed by atoms with Crippen molar-refractivity contribution in [3.05, 3.63) is 40.2 Å². The molecule has 1 aromatic carbocycles. The number of unbranched alkanes of at least 4 members (excludes halogenated alkanes) is 2. The predicted molar refractivity (Wildman–Crippen MR) is 80.6 cm³/mol. The number of carboxylic acids is 1. The van der Waals surface area contributed by atoms with Gasteiger partial charge >= 0.3 is 5.97 Å². The van der Waals surface area contributed by atoms with E-state index in [-0.39, 0.29) is 17.5 Å². The highest BCUT2D eigenvalue weighted by Crippen LogP contribution is 2.31. The molecule has 0 atom stereocenters. The Labute approximate surface area is 132 Å². The van der Waals surface area contributed by atoms with Crippen molar-refractivity contribution in [1.29, 1.82) is 0 Å². The van der Waals surface area contributed by atoms with E-state index < -0.39 is 40.3 Å². The van der Waals surface area contributed by atoms with Gasteiger partial charge in [-0.05, 0) is 37.8 Å². The fourth-order valence-electron chi connectivity index (χ4n) is 2.46. The molecule has 1 N–H and O–H groups in total. The van der Waals surface area contributed by atoms with Crippen LogP contribution in [0.4, 0.5) is 13.2 Å². The van der Waals surface area contributed by atoms with Crippen molar-refractivity contribution in [3.8, 4) is 0 Å². The topological polar surface area (TPSA) is 54.4 Å². The Morgan fingerprint density at radius 1 is 1.09 bits per heavy atom. The molecular formula is C17H19F3O3. The smallest absolute Gasteiger partial charge is 0.329 e. The van der Waals surface area contributed by atoms with Crippen LogP contribution in [-0.4, -0.2) is 16.9 Å². The third kappa shape index (κ3) is 4.21. The maximum Gasteiger partial charge on any atom is 0.329 e. The zero-order chi connectivity index (χ0) is 17.7. The zero-order valence-corrected chi connectivity index (χ0v) is 13.3. The molecule has 1 aromatic rings. The number of rotatable bonds is 7. The number of carbonyl (C=O) groups is 2. The minimum absolute atomic E-state index is 0.0233. The number of allylic oxidation sites excluding steroid dienone is 1. The van der Waals surface area contributed by atoms with Crippen LogP contribution < -0.4 is 0 Å². The second-order valence-electron chi connectivity index (χ2n) is 5.33. The third-order valence-corrected chi connectivity index (χ3v) is 3.64. The molecule has 0 radical (unpaired) electrons. The van der Waals surface area contributed by atoms with Crippen LogP contribution in [0, 0.1) is 24.4 Å². The maximum absolute atomic E-state index is 14.2. The van der Waals surface area contributed by atoms with E-state index in [1.165, 1.54) is 6.92 Å². The Kier molecular flexibility index (Phi) is 6.54. The van der Waals surface area contributed by atoms with E-state index in [4.69, 9.17) is 5.11 Å². The van der Waals surface area contributed by atoms with Gasteiger partial charge in [0.05, 0.1) is 0 Å². The molecule has 0 bridgehead atoms. The van der Waals surface area contributed by atoms with Gasteiger partial charge in [0, 0.05) is 17.2 Å². The van der Waals surface area contributed by atoms with Gasteiger partial charge in [0.2, 0.25) is 0 Å². The molecule has 3 nitrogen and oxygen atoms in total. The lowest BCUT2D eigenvalue weighted by Crippen LogP contribution is -2.11. The number of halogens is 3. The van der Waals surface area contributed by atoms with Crippen molar-refractivity contribution in [2.45, 2.75) is 46.5 Å². The van der Waals surface area contributed by atoms with E-state index in [2.05, 4.69) is 0 Å². The second-order valence-corrected chi connectivity index (χ2v) is 5.33. The molecule has 23 heavy (non-hydrogen) atoms. The summed E-state index contributed by atoms with van der Waals surface area (Å²) in [6.45, 7) is 4.36. The average molecular weight is 328 g/mol. The summed E-state index contributed by atoms with van der Waals surface area (Å²) in [5.41, 5.74) is -0.932. The van der Waals surface area contributed by atoms with Crippen molar-refractivity contribution >= 4 is 17.3 Å². The first-order valence-electron chi connectivity index (χ1n) is 7.34. The van der Waals surface area contributed by atoms with Crippen molar-refractivity contribution in [1.82, 2.24) is 0 Å². The Morgan fingerprint density at radius 2 is 1.70 bits per heavy atom. The number of Topliss-reactive ketones (excluding diaryl/α,β-unsaturated/α-hetero) is 1. The summed E-state index contributed by atoms with van der Waals surface area (Å²) in [4.78, 5) is 22.5. The van der Waals surface area contributed by atoms with E-state index in [1.807, 2.05) is 6.92 Å². The summed E-state index contributed by atoms with van der Waals surface area (Å²) >= 11 is 0. The fraction of sp³-hybridized carbons (Fsp3) is 0.412. The first-order valence-corrected chi connectivity index (χ1v) is 7.34. The van der Waals surface area contributed by atoms with Gasteiger partial charge in [-0.3, -0.25) is 4.79 Å². The average Bonchev–Trinajstić information content (AvgIpc) is 2.47. The van der Waals surface area contributed by atoms with Crippen LogP contribution in [0.1, 0.15) is 49.8 Å². The number of benzene rings is 1. The summed E-state index contributed by atoms with van der Waals surface area (Å²) in [6, 6.07) is 0. The van der Waals surface area contributed by atoms with Gasteiger partial charge in [-0.15, -0.1) is 0 Å². The van der Waals surface area contributed by atoms with Gasteiger partial charge in [0.1, 0.15) is 0 Å². The van der Waals surface area contributed by atoms with E-state index in [0.717, 1.165) is 19.8 Å². The highest BCUT2D eigenvalue weighted by atomic mass is 19.2. The monoisotopic (exact) mass is 328 g/mol. The van der Waals surface area contributed by atoms with Gasteiger partial charge in [-0.1, -0.05) is 19.8 Å². The first-order chi connectivity index (χ1) is 10.7. The van der Waals surface area contributed by atoms with Crippen LogP contribution >= 0.6 is 0 Å². The Bertz CT molecular complexity index is 664. The van der Waals surface area contributed by atoms with Crippen LogP contribution in [-0.2, 0) is 16.0 Å². The van der Waals surface area contributed by atoms with Gasteiger partial charge in [-0.2, -0.15) is 0 Å². The molecule has 0 saturated carbocycles. The van der Waals surface area contributed by atoms with Crippen LogP contribution in [0.5, 0.6) is 0 Å². The number of ketones is 1. The van der Waals surface area contributed by atoms with Gasteiger partial charge in [-0.25, -0.2) is 18.0 Å². The minimum atomic E-state index is -1.69. The quantitative estimate of drug-likeness (QED) is 0.463. The standard InChI is InChI=1S/C17H19F3O3/c1-4-5-6-7-11-9(2)14(16(19)17(20)15(11)18)12(10(3)21)8-13(22)23/h8H,4-7H2,1-3H3,(H,22,23). The van der Waals surface area contributed by atoms with Crippen molar-refractivity contribution in [3.63, 3.8) is 0 Å². The summed E-state index contributed by atoms with van der Waals surface area (Å²) in [6.07, 6.45) is 2.94. The molecule has 0 aliphatic rings. The number of hydrogen-bond donors (Lipinski definition) is 1. The van der Waals surface area contributed by atoms with Gasteiger partial charge < -0.3 is 5.11 Å². The number of carboxylic acid groups (broad SMARTS) is 1. The van der Waals surface area contributed by atoms with Gasteiger partial charge in [0.15, 0.2) is 23.2 Å². The molecule has 0 aliphatic heterocycles. The minimum Gasteiger partial charge on any atom is -0.478 e. The van der Waals surface area contributed by atoms with Crippen LogP contribution in [0.2, 0.25) is 0 Å². The predicted octanol–water partition coefficient (Wildman–Crippen LogP) is 4.20. The van der Waals surface area contributed by atoms with Crippen LogP contribution in [0.25, 0.3) is 5.57 Å². The molecule has 6 heteroatoms. The molecular weight excluding hydrogens is 309 g/mol. The second kappa shape index (κ2) is 7.94. The number of aliphatic carboxylic acids is 1. The lowest BCUT2D eigenvalue weighted by molar-refractivity contribution is -0.131. The van der Waals surface area contributed by atoms with E-state index in [1.54, 1.807) is 0 Å². The summed E-state index contributed by atoms with van der Waals surface area (Å²) < 4.78 is 42.0. The summed E-state index contributed by atoms with van der Waals surface area (Å²) in [5.74, 6) is -6.71. The lowest BCUT2D eigenvalue weighted by Gasteiger charge is -2.16. The molecule has 126 valence electrons. The molecule has 0 fully saturated rings. The molecule has 0 amide bonds. The highest BCUT2D eigenvalue weighted by molar-refractivity contribution is 6.23. The molecule has 0 aromatic heterocycles. The molecule has 0 aliphatic carbocycles. The van der Waals surface area contributed by atoms with Crippen molar-refractivity contribution in [2.75, 3.05) is 0 Å². The molecule has 0 spiro atoms. The van der Waals surface area contributed by atoms with Gasteiger partial charge in [0.25, 0.3) is 0 Å². The summed E-state index contributed by atoms with van der Waals surface area (Å²) in [5, 5.41) is 8.82. The van der Waals surface area contributed by atoms with Crippen LogP contribution in [0.15, 0.2) is 6.08 Å². The Hall–Kier alpha value is -2.11. The Balaban J connectivity index is 3.59.